The van der Waals surface area contributed by atoms with Crippen LogP contribution < -0.4 is 11.1 Å². The first-order valence-corrected chi connectivity index (χ1v) is 8.71. The van der Waals surface area contributed by atoms with Gasteiger partial charge >= 0.3 is 0 Å². The molecule has 2 amide bonds. The highest BCUT2D eigenvalue weighted by molar-refractivity contribution is 7.17. The van der Waals surface area contributed by atoms with Crippen LogP contribution in [0.1, 0.15) is 65.7 Å². The van der Waals surface area contributed by atoms with Crippen LogP contribution in [-0.2, 0) is 17.6 Å². The average molecular weight is 306 g/mol. The number of carbonyl (C=O) groups is 2. The van der Waals surface area contributed by atoms with Crippen LogP contribution in [0.15, 0.2) is 0 Å². The van der Waals surface area contributed by atoms with Gasteiger partial charge in [-0.05, 0) is 43.6 Å². The lowest BCUT2D eigenvalue weighted by molar-refractivity contribution is -0.117. The van der Waals surface area contributed by atoms with Gasteiger partial charge < -0.3 is 11.1 Å². The summed E-state index contributed by atoms with van der Waals surface area (Å²) in [5.41, 5.74) is 7.14. The summed E-state index contributed by atoms with van der Waals surface area (Å²) in [5.74, 6) is 0.120. The van der Waals surface area contributed by atoms with Crippen molar-refractivity contribution in [3.05, 3.63) is 16.0 Å². The Balaban J connectivity index is 1.69. The number of anilines is 1. The monoisotopic (exact) mass is 306 g/mol. The van der Waals surface area contributed by atoms with Crippen molar-refractivity contribution >= 4 is 28.2 Å². The quantitative estimate of drug-likeness (QED) is 0.896. The predicted molar refractivity (Wildman–Crippen MR) is 84.7 cm³/mol. The van der Waals surface area contributed by atoms with Crippen LogP contribution in [0.4, 0.5) is 5.00 Å². The maximum Gasteiger partial charge on any atom is 0.251 e. The second kappa shape index (κ2) is 6.18. The number of carbonyl (C=O) groups excluding carboxylic acids is 2. The maximum atomic E-state index is 12.2. The van der Waals surface area contributed by atoms with Crippen LogP contribution in [0.25, 0.3) is 0 Å². The Morgan fingerprint density at radius 2 is 1.90 bits per heavy atom. The number of rotatable bonds is 4. The Morgan fingerprint density at radius 1 is 1.14 bits per heavy atom. The molecule has 0 unspecified atom stereocenters. The van der Waals surface area contributed by atoms with Crippen LogP contribution in [0, 0.1) is 5.92 Å². The summed E-state index contributed by atoms with van der Waals surface area (Å²) < 4.78 is 0. The van der Waals surface area contributed by atoms with Crippen molar-refractivity contribution < 1.29 is 9.59 Å². The van der Waals surface area contributed by atoms with Gasteiger partial charge in [-0.2, -0.15) is 0 Å². The summed E-state index contributed by atoms with van der Waals surface area (Å²) in [5, 5.41) is 3.62. The van der Waals surface area contributed by atoms with Crippen molar-refractivity contribution in [3.63, 3.8) is 0 Å². The Hall–Kier alpha value is -1.36. The van der Waals surface area contributed by atoms with E-state index in [0.717, 1.165) is 37.7 Å². The summed E-state index contributed by atoms with van der Waals surface area (Å²) in [7, 11) is 0. The van der Waals surface area contributed by atoms with E-state index in [9.17, 15) is 9.59 Å². The second-order valence-corrected chi connectivity index (χ2v) is 7.29. The van der Waals surface area contributed by atoms with E-state index in [2.05, 4.69) is 5.32 Å². The van der Waals surface area contributed by atoms with E-state index >= 15 is 0 Å². The summed E-state index contributed by atoms with van der Waals surface area (Å²) in [6.45, 7) is 0. The number of hydrogen-bond acceptors (Lipinski definition) is 3. The maximum absolute atomic E-state index is 12.2. The standard InChI is InChI=1S/C16H22N2O2S/c17-15(20)14-11-7-4-8-12(11)21-16(14)18-13(19)9-10-5-2-1-3-6-10/h10H,1-9H2,(H2,17,20)(H,18,19). The highest BCUT2D eigenvalue weighted by atomic mass is 32.1. The van der Waals surface area contributed by atoms with Crippen molar-refractivity contribution in [2.24, 2.45) is 11.7 Å². The second-order valence-electron chi connectivity index (χ2n) is 6.18. The molecule has 0 aromatic carbocycles. The molecular weight excluding hydrogens is 284 g/mol. The number of fused-ring (bicyclic) bond motifs is 1. The lowest BCUT2D eigenvalue weighted by Crippen LogP contribution is -2.20. The molecule has 0 atom stereocenters. The largest absolute Gasteiger partial charge is 0.365 e. The van der Waals surface area contributed by atoms with Gasteiger partial charge in [0.1, 0.15) is 5.00 Å². The molecule has 4 nitrogen and oxygen atoms in total. The zero-order valence-corrected chi connectivity index (χ0v) is 13.1. The van der Waals surface area contributed by atoms with Gasteiger partial charge in [-0.15, -0.1) is 11.3 Å². The zero-order valence-electron chi connectivity index (χ0n) is 12.2. The molecule has 1 saturated carbocycles. The molecule has 1 heterocycles. The molecule has 1 aromatic rings. The van der Waals surface area contributed by atoms with Gasteiger partial charge in [0.2, 0.25) is 5.91 Å². The van der Waals surface area contributed by atoms with Gasteiger partial charge in [0.05, 0.1) is 5.56 Å². The SMILES string of the molecule is NC(=O)c1c(NC(=O)CC2CCCCC2)sc2c1CCC2. The topological polar surface area (TPSA) is 72.2 Å². The van der Waals surface area contributed by atoms with E-state index < -0.39 is 5.91 Å². The number of nitrogens with one attached hydrogen (secondary N) is 1. The van der Waals surface area contributed by atoms with E-state index in [1.54, 1.807) is 0 Å². The fourth-order valence-electron chi connectivity index (χ4n) is 3.58. The Kier molecular flexibility index (Phi) is 4.29. The molecule has 21 heavy (non-hydrogen) atoms. The van der Waals surface area contributed by atoms with Crippen molar-refractivity contribution in [2.75, 3.05) is 5.32 Å². The third-order valence-corrected chi connectivity index (χ3v) is 5.83. The van der Waals surface area contributed by atoms with Crippen molar-refractivity contribution in [3.8, 4) is 0 Å². The smallest absolute Gasteiger partial charge is 0.251 e. The van der Waals surface area contributed by atoms with E-state index in [1.807, 2.05) is 0 Å². The lowest BCUT2D eigenvalue weighted by atomic mass is 9.87. The molecular formula is C16H22N2O2S. The Bertz CT molecular complexity index is 559. The highest BCUT2D eigenvalue weighted by Crippen LogP contribution is 2.39. The molecule has 2 aliphatic carbocycles. The van der Waals surface area contributed by atoms with Crippen LogP contribution in [0.3, 0.4) is 0 Å². The fraction of sp³-hybridized carbons (Fsp3) is 0.625. The molecule has 3 N–H and O–H groups in total. The van der Waals surface area contributed by atoms with E-state index in [1.165, 1.54) is 35.5 Å². The van der Waals surface area contributed by atoms with Gasteiger partial charge in [-0.25, -0.2) is 0 Å². The van der Waals surface area contributed by atoms with E-state index in [-0.39, 0.29) is 5.91 Å². The van der Waals surface area contributed by atoms with Gasteiger partial charge in [-0.3, -0.25) is 9.59 Å². The van der Waals surface area contributed by atoms with E-state index in [4.69, 9.17) is 5.73 Å². The number of primary amides is 1. The molecule has 2 aliphatic rings. The number of amides is 2. The third kappa shape index (κ3) is 3.12. The molecule has 0 saturated heterocycles. The molecule has 0 bridgehead atoms. The summed E-state index contributed by atoms with van der Waals surface area (Å²) in [6.07, 6.45) is 9.62. The first kappa shape index (κ1) is 14.6. The van der Waals surface area contributed by atoms with Crippen molar-refractivity contribution in [1.82, 2.24) is 0 Å². The molecule has 5 heteroatoms. The Morgan fingerprint density at radius 3 is 2.62 bits per heavy atom. The van der Waals surface area contributed by atoms with Crippen LogP contribution in [-0.4, -0.2) is 11.8 Å². The zero-order chi connectivity index (χ0) is 14.8. The van der Waals surface area contributed by atoms with Gasteiger partial charge in [0.15, 0.2) is 0 Å². The van der Waals surface area contributed by atoms with Gasteiger partial charge in [0, 0.05) is 11.3 Å². The third-order valence-electron chi connectivity index (χ3n) is 4.62. The molecule has 1 fully saturated rings. The normalized spacial score (nSPS) is 18.5. The first-order valence-electron chi connectivity index (χ1n) is 7.89. The molecule has 0 radical (unpaired) electrons. The predicted octanol–water partition coefficient (Wildman–Crippen LogP) is 3.24. The summed E-state index contributed by atoms with van der Waals surface area (Å²) >= 11 is 1.53. The molecule has 1 aromatic heterocycles. The minimum atomic E-state index is -0.414. The van der Waals surface area contributed by atoms with Gasteiger partial charge in [-0.1, -0.05) is 19.3 Å². The number of nitrogens with two attached hydrogens (primary N) is 1. The van der Waals surface area contributed by atoms with Gasteiger partial charge in [0.25, 0.3) is 5.91 Å². The summed E-state index contributed by atoms with van der Waals surface area (Å²) in [4.78, 5) is 25.1. The van der Waals surface area contributed by atoms with Crippen LogP contribution >= 0.6 is 11.3 Å². The molecule has 0 aliphatic heterocycles. The molecule has 0 spiro atoms. The highest BCUT2D eigenvalue weighted by Gasteiger charge is 2.26. The van der Waals surface area contributed by atoms with Crippen molar-refractivity contribution in [1.29, 1.82) is 0 Å². The number of hydrogen-bond donors (Lipinski definition) is 2. The fourth-order valence-corrected chi connectivity index (χ4v) is 4.89. The average Bonchev–Trinajstić information content (AvgIpc) is 2.99. The lowest BCUT2D eigenvalue weighted by Gasteiger charge is -2.20. The minimum absolute atomic E-state index is 0.0318. The van der Waals surface area contributed by atoms with Crippen molar-refractivity contribution in [2.45, 2.75) is 57.8 Å². The van der Waals surface area contributed by atoms with Crippen LogP contribution in [0.5, 0.6) is 0 Å². The van der Waals surface area contributed by atoms with Crippen LogP contribution in [0.2, 0.25) is 0 Å². The number of thiophene rings is 1. The van der Waals surface area contributed by atoms with E-state index in [0.29, 0.717) is 22.9 Å². The summed E-state index contributed by atoms with van der Waals surface area (Å²) in [6, 6.07) is 0. The minimum Gasteiger partial charge on any atom is -0.365 e. The first-order chi connectivity index (χ1) is 10.1. The number of aryl methyl sites for hydroxylation is 1. The Labute approximate surface area is 129 Å². The molecule has 3 rings (SSSR count). The molecule has 114 valence electrons.